The Labute approximate surface area is 186 Å². The Kier molecular flexibility index (Phi) is 9.11. The van der Waals surface area contributed by atoms with E-state index in [0.717, 1.165) is 6.42 Å². The van der Waals surface area contributed by atoms with Gasteiger partial charge in [0.15, 0.2) is 0 Å². The summed E-state index contributed by atoms with van der Waals surface area (Å²) in [6, 6.07) is -0.345. The van der Waals surface area contributed by atoms with Gasteiger partial charge in [0, 0.05) is 26.5 Å². The molecule has 0 aromatic carbocycles. The van der Waals surface area contributed by atoms with Crippen molar-refractivity contribution in [2.24, 2.45) is 5.92 Å². The van der Waals surface area contributed by atoms with Crippen molar-refractivity contribution in [2.75, 3.05) is 13.7 Å². The fraction of sp³-hybridized carbons (Fsp3) is 0.783. The van der Waals surface area contributed by atoms with Gasteiger partial charge in [0.2, 0.25) is 5.91 Å². The van der Waals surface area contributed by atoms with Gasteiger partial charge in [-0.2, -0.15) is 0 Å². The number of carboxylic acid groups (broad SMARTS) is 1. The van der Waals surface area contributed by atoms with Gasteiger partial charge in [0.1, 0.15) is 5.60 Å². The number of nitrogens with one attached hydrogen (secondary N) is 1. The molecule has 2 N–H and O–H groups in total. The standard InChI is InChI=1S/C23H40N2O6/c1-9-11-18(24-16(3)26)22(7,30-8)17-12-14-25(20(29)31-21(4,5)6)23(17,13-10-2)15-19(27)28/h10,13,17-18H,9,11-12,14-15H2,1-8H3,(H,24,26)(H,27,28)/b13-10-/t17-,18+,22-,23+/m1/s1. The van der Waals surface area contributed by atoms with Crippen molar-refractivity contribution in [1.82, 2.24) is 10.2 Å². The molecule has 1 saturated heterocycles. The zero-order valence-electron chi connectivity index (χ0n) is 20.3. The second-order valence-corrected chi connectivity index (χ2v) is 9.46. The monoisotopic (exact) mass is 440 g/mol. The zero-order valence-corrected chi connectivity index (χ0v) is 20.3. The molecule has 1 aliphatic heterocycles. The molecule has 0 aromatic rings. The number of hydrogen-bond donors (Lipinski definition) is 2. The van der Waals surface area contributed by atoms with Crippen LogP contribution in [0.3, 0.4) is 0 Å². The van der Waals surface area contributed by atoms with Gasteiger partial charge in [-0.15, -0.1) is 0 Å². The van der Waals surface area contributed by atoms with Gasteiger partial charge in [-0.1, -0.05) is 25.5 Å². The second kappa shape index (κ2) is 10.5. The van der Waals surface area contributed by atoms with Gasteiger partial charge in [0.05, 0.1) is 23.6 Å². The van der Waals surface area contributed by atoms with E-state index in [1.54, 1.807) is 47.0 Å². The third kappa shape index (κ3) is 6.21. The highest BCUT2D eigenvalue weighted by Gasteiger charge is 2.60. The van der Waals surface area contributed by atoms with Crippen molar-refractivity contribution >= 4 is 18.0 Å². The summed E-state index contributed by atoms with van der Waals surface area (Å²) in [5.41, 5.74) is -2.78. The molecule has 1 aliphatic rings. The normalized spacial score (nSPS) is 24.6. The first kappa shape index (κ1) is 26.9. The van der Waals surface area contributed by atoms with Crippen molar-refractivity contribution in [3.8, 4) is 0 Å². The molecule has 0 unspecified atom stereocenters. The van der Waals surface area contributed by atoms with Gasteiger partial charge >= 0.3 is 12.1 Å². The molecular formula is C23H40N2O6. The lowest BCUT2D eigenvalue weighted by atomic mass is 9.68. The summed E-state index contributed by atoms with van der Waals surface area (Å²) in [7, 11) is 1.57. The number of carbonyl (C=O) groups is 3. The zero-order chi connectivity index (χ0) is 24.0. The van der Waals surface area contributed by atoms with E-state index in [2.05, 4.69) is 5.32 Å². The van der Waals surface area contributed by atoms with Crippen molar-refractivity contribution in [3.63, 3.8) is 0 Å². The van der Waals surface area contributed by atoms with Crippen LogP contribution < -0.4 is 5.32 Å². The molecule has 8 heteroatoms. The maximum Gasteiger partial charge on any atom is 0.411 e. The minimum Gasteiger partial charge on any atom is -0.481 e. The number of carbonyl (C=O) groups excluding carboxylic acids is 2. The smallest absolute Gasteiger partial charge is 0.411 e. The molecule has 178 valence electrons. The number of methoxy groups -OCH3 is 1. The van der Waals surface area contributed by atoms with Crippen molar-refractivity contribution < 1.29 is 29.0 Å². The highest BCUT2D eigenvalue weighted by atomic mass is 16.6. The van der Waals surface area contributed by atoms with E-state index < -0.39 is 28.8 Å². The van der Waals surface area contributed by atoms with Crippen LogP contribution in [0.5, 0.6) is 0 Å². The first-order chi connectivity index (χ1) is 14.3. The summed E-state index contributed by atoms with van der Waals surface area (Å²) in [5.74, 6) is -1.59. The minimum absolute atomic E-state index is 0.182. The summed E-state index contributed by atoms with van der Waals surface area (Å²) < 4.78 is 11.7. The lowest BCUT2D eigenvalue weighted by Gasteiger charge is -2.49. The number of amides is 2. The number of rotatable bonds is 9. The summed E-state index contributed by atoms with van der Waals surface area (Å²) in [6.07, 6.45) is 4.67. The number of aliphatic carboxylic acids is 1. The first-order valence-electron chi connectivity index (χ1n) is 11.0. The molecule has 0 aliphatic carbocycles. The van der Waals surface area contributed by atoms with Gasteiger partial charge < -0.3 is 19.9 Å². The largest absolute Gasteiger partial charge is 0.481 e. The number of likely N-dealkylation sites (tertiary alicyclic amines) is 1. The van der Waals surface area contributed by atoms with Crippen LogP contribution in [0.2, 0.25) is 0 Å². The van der Waals surface area contributed by atoms with Gasteiger partial charge in [-0.05, 0) is 47.5 Å². The van der Waals surface area contributed by atoms with Crippen molar-refractivity contribution in [2.45, 2.75) is 96.9 Å². The van der Waals surface area contributed by atoms with E-state index in [4.69, 9.17) is 9.47 Å². The predicted octanol–water partition coefficient (Wildman–Crippen LogP) is 3.74. The molecule has 0 aromatic heterocycles. The number of nitrogens with zero attached hydrogens (tertiary/aromatic N) is 1. The first-order valence-corrected chi connectivity index (χ1v) is 11.0. The Morgan fingerprint density at radius 3 is 2.32 bits per heavy atom. The van der Waals surface area contributed by atoms with Crippen LogP contribution in [0.25, 0.3) is 0 Å². The number of allylic oxidation sites excluding steroid dienone is 1. The Morgan fingerprint density at radius 1 is 1.29 bits per heavy atom. The summed E-state index contributed by atoms with van der Waals surface area (Å²) in [6.45, 7) is 12.8. The fourth-order valence-corrected chi connectivity index (χ4v) is 4.84. The Morgan fingerprint density at radius 2 is 1.90 bits per heavy atom. The molecule has 4 atom stereocenters. The molecule has 0 bridgehead atoms. The van der Waals surface area contributed by atoms with Crippen LogP contribution >= 0.6 is 0 Å². The lowest BCUT2D eigenvalue weighted by molar-refractivity contribution is -0.144. The molecule has 0 saturated carbocycles. The SMILES string of the molecule is C/C=C\[C@]1(CC(=O)O)[C@@H]([C@@](C)(OC)[C@H](CCC)NC(C)=O)CCN1C(=O)OC(C)(C)C. The minimum atomic E-state index is -1.15. The number of carboxylic acids is 1. The topological polar surface area (TPSA) is 105 Å². The van der Waals surface area contributed by atoms with Gasteiger partial charge in [-0.3, -0.25) is 14.5 Å². The summed E-state index contributed by atoms with van der Waals surface area (Å²) in [5, 5.41) is 12.8. The molecule has 0 spiro atoms. The number of hydrogen-bond acceptors (Lipinski definition) is 5. The van der Waals surface area contributed by atoms with E-state index in [0.29, 0.717) is 19.4 Å². The van der Waals surface area contributed by atoms with Crippen LogP contribution in [0.4, 0.5) is 4.79 Å². The van der Waals surface area contributed by atoms with Gasteiger partial charge in [0.25, 0.3) is 0 Å². The lowest BCUT2D eigenvalue weighted by Crippen LogP contribution is -2.63. The molecule has 8 nitrogen and oxygen atoms in total. The van der Waals surface area contributed by atoms with Crippen LogP contribution in [0, 0.1) is 5.92 Å². The van der Waals surface area contributed by atoms with Crippen LogP contribution in [0.15, 0.2) is 12.2 Å². The molecule has 1 fully saturated rings. The average Bonchev–Trinajstić information content (AvgIpc) is 2.97. The molecular weight excluding hydrogens is 400 g/mol. The van der Waals surface area contributed by atoms with E-state index in [1.165, 1.54) is 11.8 Å². The van der Waals surface area contributed by atoms with E-state index in [9.17, 15) is 19.5 Å². The average molecular weight is 441 g/mol. The van der Waals surface area contributed by atoms with Crippen molar-refractivity contribution in [3.05, 3.63) is 12.2 Å². The Bertz CT molecular complexity index is 686. The van der Waals surface area contributed by atoms with Crippen LogP contribution in [0.1, 0.15) is 74.1 Å². The van der Waals surface area contributed by atoms with E-state index >= 15 is 0 Å². The van der Waals surface area contributed by atoms with E-state index in [-0.39, 0.29) is 24.3 Å². The fourth-order valence-electron chi connectivity index (χ4n) is 4.84. The Hall–Kier alpha value is -2.09. The van der Waals surface area contributed by atoms with E-state index in [1.807, 2.05) is 13.8 Å². The Balaban J connectivity index is 3.61. The quantitative estimate of drug-likeness (QED) is 0.529. The summed E-state index contributed by atoms with van der Waals surface area (Å²) in [4.78, 5) is 38.6. The molecule has 31 heavy (non-hydrogen) atoms. The van der Waals surface area contributed by atoms with Crippen molar-refractivity contribution in [1.29, 1.82) is 0 Å². The molecule has 2 amide bonds. The third-order valence-corrected chi connectivity index (χ3v) is 6.03. The van der Waals surface area contributed by atoms with Gasteiger partial charge in [-0.25, -0.2) is 4.79 Å². The maximum absolute atomic E-state index is 13.1. The molecule has 1 rings (SSSR count). The summed E-state index contributed by atoms with van der Waals surface area (Å²) >= 11 is 0. The third-order valence-electron chi connectivity index (χ3n) is 6.03. The molecule has 1 heterocycles. The predicted molar refractivity (Wildman–Crippen MR) is 119 cm³/mol. The highest BCUT2D eigenvalue weighted by Crippen LogP contribution is 2.48. The second-order valence-electron chi connectivity index (χ2n) is 9.46. The van der Waals surface area contributed by atoms with Crippen LogP contribution in [-0.2, 0) is 19.1 Å². The number of ether oxygens (including phenoxy) is 2. The highest BCUT2D eigenvalue weighted by molar-refractivity contribution is 5.75. The molecule has 0 radical (unpaired) electrons. The maximum atomic E-state index is 13.1. The van der Waals surface area contributed by atoms with Crippen LogP contribution in [-0.4, -0.2) is 64.4 Å².